The summed E-state index contributed by atoms with van der Waals surface area (Å²) in [5.41, 5.74) is 1.26. The minimum atomic E-state index is -1.70. The number of ether oxygens (including phenoxy) is 7. The number of thioether (sulfide) groups is 1. The van der Waals surface area contributed by atoms with Crippen molar-refractivity contribution in [2.75, 3.05) is 78.9 Å². The van der Waals surface area contributed by atoms with Crippen LogP contribution in [0.2, 0.25) is 18.1 Å². The molecule has 232 valence electrons. The van der Waals surface area contributed by atoms with Crippen LogP contribution in [-0.4, -0.2) is 99.6 Å². The molecule has 2 rings (SSSR count). The third kappa shape index (κ3) is 15.5. The van der Waals surface area contributed by atoms with Crippen molar-refractivity contribution in [2.24, 2.45) is 0 Å². The van der Waals surface area contributed by atoms with Gasteiger partial charge < -0.3 is 37.6 Å². The number of rotatable bonds is 22. The summed E-state index contributed by atoms with van der Waals surface area (Å²) in [4.78, 5) is 0. The molecule has 1 aliphatic rings. The van der Waals surface area contributed by atoms with Gasteiger partial charge in [0.25, 0.3) is 0 Å². The summed E-state index contributed by atoms with van der Waals surface area (Å²) >= 11 is 1.84. The first-order valence-corrected chi connectivity index (χ1v) is 18.7. The Morgan fingerprint density at radius 3 is 2.10 bits per heavy atom. The van der Waals surface area contributed by atoms with Crippen molar-refractivity contribution in [2.45, 2.75) is 76.3 Å². The molecule has 2 atom stereocenters. The van der Waals surface area contributed by atoms with Crippen molar-refractivity contribution in [3.63, 3.8) is 0 Å². The van der Waals surface area contributed by atoms with Crippen molar-refractivity contribution < 1.29 is 37.6 Å². The lowest BCUT2D eigenvalue weighted by Gasteiger charge is -2.36. The van der Waals surface area contributed by atoms with Crippen LogP contribution in [0, 0.1) is 0 Å². The summed E-state index contributed by atoms with van der Waals surface area (Å²) in [6.45, 7) is 17.0. The number of hydrogen-bond donors (Lipinski definition) is 0. The van der Waals surface area contributed by atoms with Gasteiger partial charge in [0.1, 0.15) is 5.75 Å². The molecule has 10 heteroatoms. The van der Waals surface area contributed by atoms with E-state index in [9.17, 15) is 0 Å². The molecule has 1 unspecified atom stereocenters. The van der Waals surface area contributed by atoms with Crippen molar-refractivity contribution in [1.29, 1.82) is 0 Å². The standard InChI is InChI=1S/C30H54O8SSi/c1-30(2,3)40(5,6)38-22-20-34-18-16-32-15-17-33-19-21-35-28(23-37-29-9-7-8-14-36-29)25-39-24-26-10-12-27(31-4)13-11-26/h10-13,28-29H,7-9,14-25H2,1-6H3/t28-,29?/m1/s1. The lowest BCUT2D eigenvalue weighted by atomic mass is 10.2. The molecule has 0 N–H and O–H groups in total. The molecule has 40 heavy (non-hydrogen) atoms. The van der Waals surface area contributed by atoms with Crippen molar-refractivity contribution >= 4 is 20.1 Å². The molecule has 1 saturated heterocycles. The van der Waals surface area contributed by atoms with E-state index in [0.29, 0.717) is 59.5 Å². The maximum atomic E-state index is 6.12. The maximum absolute atomic E-state index is 6.12. The third-order valence-corrected chi connectivity index (χ3v) is 12.8. The van der Waals surface area contributed by atoms with E-state index in [0.717, 1.165) is 43.1 Å². The summed E-state index contributed by atoms with van der Waals surface area (Å²) < 4.78 is 46.1. The van der Waals surface area contributed by atoms with Gasteiger partial charge in [-0.3, -0.25) is 0 Å². The van der Waals surface area contributed by atoms with Crippen LogP contribution in [0.25, 0.3) is 0 Å². The molecule has 1 aromatic carbocycles. The average Bonchev–Trinajstić information content (AvgIpc) is 2.94. The summed E-state index contributed by atoms with van der Waals surface area (Å²) in [7, 11) is -0.0190. The van der Waals surface area contributed by atoms with E-state index in [1.165, 1.54) is 5.56 Å². The van der Waals surface area contributed by atoms with Crippen LogP contribution in [-0.2, 0) is 38.6 Å². The van der Waals surface area contributed by atoms with E-state index in [2.05, 4.69) is 46.0 Å². The zero-order valence-corrected chi connectivity index (χ0v) is 27.6. The Morgan fingerprint density at radius 2 is 1.52 bits per heavy atom. The largest absolute Gasteiger partial charge is 0.497 e. The Bertz CT molecular complexity index is 753. The van der Waals surface area contributed by atoms with Gasteiger partial charge >= 0.3 is 0 Å². The van der Waals surface area contributed by atoms with E-state index >= 15 is 0 Å². The van der Waals surface area contributed by atoms with E-state index in [1.807, 2.05) is 23.9 Å². The van der Waals surface area contributed by atoms with Gasteiger partial charge in [0.15, 0.2) is 14.6 Å². The second kappa shape index (κ2) is 20.3. The van der Waals surface area contributed by atoms with E-state index in [4.69, 9.17) is 37.6 Å². The number of benzene rings is 1. The highest BCUT2D eigenvalue weighted by Gasteiger charge is 2.36. The summed E-state index contributed by atoms with van der Waals surface area (Å²) in [5, 5.41) is 0.219. The van der Waals surface area contributed by atoms with Crippen molar-refractivity contribution in [3.8, 4) is 5.75 Å². The van der Waals surface area contributed by atoms with Gasteiger partial charge in [0.05, 0.1) is 72.7 Å². The van der Waals surface area contributed by atoms with E-state index in [-0.39, 0.29) is 17.4 Å². The Kier molecular flexibility index (Phi) is 18.0. The fraction of sp³-hybridized carbons (Fsp3) is 0.800. The van der Waals surface area contributed by atoms with Gasteiger partial charge in [0, 0.05) is 18.1 Å². The van der Waals surface area contributed by atoms with Gasteiger partial charge in [-0.2, -0.15) is 11.8 Å². The quantitative estimate of drug-likeness (QED) is 0.119. The molecule has 0 aliphatic carbocycles. The summed E-state index contributed by atoms with van der Waals surface area (Å²) in [5.74, 6) is 2.62. The molecular formula is C30H54O8SSi. The normalized spacial score (nSPS) is 17.2. The SMILES string of the molecule is COc1ccc(CSC[C@@H](COC2CCCCO2)OCCOCCOCCOCCO[Si](C)(C)C(C)(C)C)cc1. The highest BCUT2D eigenvalue weighted by Crippen LogP contribution is 2.36. The lowest BCUT2D eigenvalue weighted by Crippen LogP contribution is -2.41. The fourth-order valence-corrected chi connectivity index (χ4v) is 5.65. The minimum Gasteiger partial charge on any atom is -0.497 e. The molecule has 1 heterocycles. The minimum absolute atomic E-state index is 0.0219. The molecule has 0 aromatic heterocycles. The second-order valence-corrected chi connectivity index (χ2v) is 17.3. The highest BCUT2D eigenvalue weighted by molar-refractivity contribution is 7.98. The lowest BCUT2D eigenvalue weighted by molar-refractivity contribution is -0.178. The Labute approximate surface area is 248 Å². The van der Waals surface area contributed by atoms with E-state index in [1.54, 1.807) is 7.11 Å². The van der Waals surface area contributed by atoms with Crippen LogP contribution in [0.3, 0.4) is 0 Å². The predicted molar refractivity (Wildman–Crippen MR) is 164 cm³/mol. The fourth-order valence-electron chi connectivity index (χ4n) is 3.62. The third-order valence-electron chi connectivity index (χ3n) is 7.16. The Balaban J connectivity index is 1.52. The summed E-state index contributed by atoms with van der Waals surface area (Å²) in [6.07, 6.45) is 3.07. The van der Waals surface area contributed by atoms with Crippen LogP contribution in [0.15, 0.2) is 24.3 Å². The maximum Gasteiger partial charge on any atom is 0.192 e. The molecule has 1 aliphatic heterocycles. The first-order chi connectivity index (χ1) is 19.2. The van der Waals surface area contributed by atoms with Crippen LogP contribution < -0.4 is 4.74 Å². The topological polar surface area (TPSA) is 73.8 Å². The van der Waals surface area contributed by atoms with Gasteiger partial charge in [-0.25, -0.2) is 0 Å². The van der Waals surface area contributed by atoms with Gasteiger partial charge in [-0.1, -0.05) is 32.9 Å². The summed E-state index contributed by atoms with van der Waals surface area (Å²) in [6, 6.07) is 8.18. The first kappa shape index (κ1) is 35.5. The van der Waals surface area contributed by atoms with Gasteiger partial charge in [-0.15, -0.1) is 0 Å². The number of hydrogen-bond acceptors (Lipinski definition) is 9. The Morgan fingerprint density at radius 1 is 0.900 bits per heavy atom. The smallest absolute Gasteiger partial charge is 0.192 e. The zero-order valence-electron chi connectivity index (χ0n) is 25.7. The second-order valence-electron chi connectivity index (χ2n) is 11.4. The van der Waals surface area contributed by atoms with Crippen molar-refractivity contribution in [1.82, 2.24) is 0 Å². The van der Waals surface area contributed by atoms with Crippen LogP contribution in [0.1, 0.15) is 45.6 Å². The van der Waals surface area contributed by atoms with E-state index < -0.39 is 8.32 Å². The molecule has 0 saturated carbocycles. The zero-order chi connectivity index (χ0) is 29.1. The van der Waals surface area contributed by atoms with Crippen LogP contribution in [0.5, 0.6) is 5.75 Å². The molecule has 0 spiro atoms. The number of methoxy groups -OCH3 is 1. The molecular weight excluding hydrogens is 548 g/mol. The highest BCUT2D eigenvalue weighted by atomic mass is 32.2. The molecule has 1 aromatic rings. The molecule has 0 radical (unpaired) electrons. The molecule has 0 bridgehead atoms. The molecule has 0 amide bonds. The average molecular weight is 603 g/mol. The van der Waals surface area contributed by atoms with Crippen molar-refractivity contribution in [3.05, 3.63) is 29.8 Å². The monoisotopic (exact) mass is 602 g/mol. The Hall–Kier alpha value is -0.693. The van der Waals surface area contributed by atoms with Gasteiger partial charge in [0.2, 0.25) is 0 Å². The van der Waals surface area contributed by atoms with Crippen LogP contribution >= 0.6 is 11.8 Å². The molecule has 1 fully saturated rings. The first-order valence-electron chi connectivity index (χ1n) is 14.6. The van der Waals surface area contributed by atoms with Crippen LogP contribution in [0.4, 0.5) is 0 Å². The predicted octanol–water partition coefficient (Wildman–Crippen LogP) is 5.93. The molecule has 8 nitrogen and oxygen atoms in total. The van der Waals surface area contributed by atoms with Gasteiger partial charge in [-0.05, 0) is 55.1 Å².